The number of anilines is 1. The Balaban J connectivity index is 2.15. The number of aliphatic hydroxyl groups is 1. The Kier molecular flexibility index (Phi) is 5.41. The van der Waals surface area contributed by atoms with E-state index in [1.165, 1.54) is 0 Å². The summed E-state index contributed by atoms with van der Waals surface area (Å²) in [5.74, 6) is 0.614. The topological polar surface area (TPSA) is 39.6 Å². The second kappa shape index (κ2) is 6.87. The van der Waals surface area contributed by atoms with Crippen molar-refractivity contribution in [1.82, 2.24) is 9.88 Å². The molecular weight excluding hydrogens is 270 g/mol. The molecule has 5 heteroatoms. The van der Waals surface area contributed by atoms with Crippen LogP contribution in [0.1, 0.15) is 43.4 Å². The van der Waals surface area contributed by atoms with Crippen molar-refractivity contribution in [3.8, 4) is 0 Å². The van der Waals surface area contributed by atoms with Crippen molar-refractivity contribution in [1.29, 1.82) is 0 Å². The molecule has 0 fully saturated rings. The second-order valence-corrected chi connectivity index (χ2v) is 7.37. The van der Waals surface area contributed by atoms with Gasteiger partial charge in [-0.2, -0.15) is 0 Å². The SMILES string of the molecule is CC(C)CN(CCN(C)C)c1nc2c(s1)C(O)CCC2. The highest BCUT2D eigenvalue weighted by molar-refractivity contribution is 7.15. The summed E-state index contributed by atoms with van der Waals surface area (Å²) in [7, 11) is 4.20. The molecule has 1 aliphatic carbocycles. The predicted molar refractivity (Wildman–Crippen MR) is 85.6 cm³/mol. The molecule has 1 aromatic rings. The van der Waals surface area contributed by atoms with Crippen LogP contribution in [0.15, 0.2) is 0 Å². The predicted octanol–water partition coefficient (Wildman–Crippen LogP) is 2.54. The molecule has 1 unspecified atom stereocenters. The third-order valence-corrected chi connectivity index (χ3v) is 4.84. The highest BCUT2D eigenvalue weighted by Crippen LogP contribution is 2.37. The minimum absolute atomic E-state index is 0.292. The van der Waals surface area contributed by atoms with Gasteiger partial charge < -0.3 is 14.9 Å². The van der Waals surface area contributed by atoms with Gasteiger partial charge in [0.2, 0.25) is 0 Å². The lowest BCUT2D eigenvalue weighted by Gasteiger charge is -2.25. The zero-order chi connectivity index (χ0) is 14.7. The average Bonchev–Trinajstić information content (AvgIpc) is 2.79. The first-order valence-electron chi connectivity index (χ1n) is 7.54. The van der Waals surface area contributed by atoms with E-state index < -0.39 is 0 Å². The molecule has 0 saturated heterocycles. The van der Waals surface area contributed by atoms with Crippen LogP contribution in [0.5, 0.6) is 0 Å². The van der Waals surface area contributed by atoms with Crippen LogP contribution in [0.25, 0.3) is 0 Å². The highest BCUT2D eigenvalue weighted by atomic mass is 32.1. The Morgan fingerprint density at radius 1 is 1.35 bits per heavy atom. The third-order valence-electron chi connectivity index (χ3n) is 3.58. The second-order valence-electron chi connectivity index (χ2n) is 6.36. The van der Waals surface area contributed by atoms with Gasteiger partial charge >= 0.3 is 0 Å². The molecule has 0 radical (unpaired) electrons. The Morgan fingerprint density at radius 3 is 2.70 bits per heavy atom. The molecule has 4 nitrogen and oxygen atoms in total. The van der Waals surface area contributed by atoms with Gasteiger partial charge in [0.1, 0.15) is 0 Å². The van der Waals surface area contributed by atoms with Gasteiger partial charge in [-0.3, -0.25) is 0 Å². The molecule has 1 aromatic heterocycles. The van der Waals surface area contributed by atoms with Crippen molar-refractivity contribution in [3.63, 3.8) is 0 Å². The van der Waals surface area contributed by atoms with Crippen LogP contribution in [0.4, 0.5) is 5.13 Å². The van der Waals surface area contributed by atoms with Gasteiger partial charge in [0.05, 0.1) is 16.7 Å². The minimum Gasteiger partial charge on any atom is -0.388 e. The number of rotatable bonds is 6. The summed E-state index contributed by atoms with van der Waals surface area (Å²) in [6.45, 7) is 7.53. The number of aryl methyl sites for hydroxylation is 1. The molecule has 1 aliphatic rings. The summed E-state index contributed by atoms with van der Waals surface area (Å²) in [5, 5.41) is 11.2. The zero-order valence-electron chi connectivity index (χ0n) is 13.1. The van der Waals surface area contributed by atoms with Crippen LogP contribution < -0.4 is 4.90 Å². The lowest BCUT2D eigenvalue weighted by molar-refractivity contribution is 0.160. The number of thiazole rings is 1. The smallest absolute Gasteiger partial charge is 0.185 e. The van der Waals surface area contributed by atoms with Crippen LogP contribution in [0.2, 0.25) is 0 Å². The molecular formula is C15H27N3OS. The lowest BCUT2D eigenvalue weighted by Crippen LogP contribution is -2.34. The van der Waals surface area contributed by atoms with Crippen LogP contribution in [0, 0.1) is 5.92 Å². The van der Waals surface area contributed by atoms with Crippen molar-refractivity contribution < 1.29 is 5.11 Å². The number of aromatic nitrogens is 1. The first-order valence-corrected chi connectivity index (χ1v) is 8.36. The zero-order valence-corrected chi connectivity index (χ0v) is 13.9. The molecule has 0 saturated carbocycles. The van der Waals surface area contributed by atoms with E-state index in [4.69, 9.17) is 4.98 Å². The first kappa shape index (κ1) is 15.7. The van der Waals surface area contributed by atoms with Crippen LogP contribution in [-0.2, 0) is 6.42 Å². The molecule has 114 valence electrons. The van der Waals surface area contributed by atoms with E-state index in [0.717, 1.165) is 54.6 Å². The van der Waals surface area contributed by atoms with Gasteiger partial charge in [0.15, 0.2) is 5.13 Å². The summed E-state index contributed by atoms with van der Waals surface area (Å²) >= 11 is 1.69. The standard InChI is InChI=1S/C15H27N3OS/c1-11(2)10-18(9-8-17(3)4)15-16-12-6-5-7-13(19)14(12)20-15/h11,13,19H,5-10H2,1-4H3. The van der Waals surface area contributed by atoms with Crippen LogP contribution >= 0.6 is 11.3 Å². The van der Waals surface area contributed by atoms with E-state index in [9.17, 15) is 5.11 Å². The van der Waals surface area contributed by atoms with Gasteiger partial charge in [0.25, 0.3) is 0 Å². The largest absolute Gasteiger partial charge is 0.388 e. The lowest BCUT2D eigenvalue weighted by atomic mass is 10.0. The van der Waals surface area contributed by atoms with E-state index >= 15 is 0 Å². The molecule has 0 bridgehead atoms. The Morgan fingerprint density at radius 2 is 2.10 bits per heavy atom. The summed E-state index contributed by atoms with van der Waals surface area (Å²) in [6.07, 6.45) is 2.67. The van der Waals surface area contributed by atoms with E-state index in [0.29, 0.717) is 5.92 Å². The van der Waals surface area contributed by atoms with Crippen LogP contribution in [0.3, 0.4) is 0 Å². The maximum Gasteiger partial charge on any atom is 0.185 e. The minimum atomic E-state index is -0.292. The quantitative estimate of drug-likeness (QED) is 0.876. The van der Waals surface area contributed by atoms with Crippen molar-refractivity contribution >= 4 is 16.5 Å². The van der Waals surface area contributed by atoms with Gasteiger partial charge in [-0.05, 0) is 39.3 Å². The van der Waals surface area contributed by atoms with E-state index in [1.807, 2.05) is 0 Å². The number of hydrogen-bond donors (Lipinski definition) is 1. The molecule has 1 N–H and O–H groups in total. The monoisotopic (exact) mass is 297 g/mol. The number of hydrogen-bond acceptors (Lipinski definition) is 5. The van der Waals surface area contributed by atoms with Crippen molar-refractivity contribution in [2.45, 2.75) is 39.2 Å². The normalized spacial score (nSPS) is 18.6. The molecule has 20 heavy (non-hydrogen) atoms. The number of fused-ring (bicyclic) bond motifs is 1. The molecule has 0 aromatic carbocycles. The fourth-order valence-electron chi connectivity index (χ4n) is 2.55. The van der Waals surface area contributed by atoms with E-state index in [-0.39, 0.29) is 6.10 Å². The number of aliphatic hydroxyl groups excluding tert-OH is 1. The summed E-state index contributed by atoms with van der Waals surface area (Å²) < 4.78 is 0. The Bertz CT molecular complexity index is 431. The van der Waals surface area contributed by atoms with Crippen molar-refractivity contribution in [2.75, 3.05) is 38.6 Å². The maximum absolute atomic E-state index is 10.1. The molecule has 0 aliphatic heterocycles. The van der Waals surface area contributed by atoms with Gasteiger partial charge in [-0.25, -0.2) is 4.98 Å². The van der Waals surface area contributed by atoms with Crippen molar-refractivity contribution in [3.05, 3.63) is 10.6 Å². The van der Waals surface area contributed by atoms with Crippen LogP contribution in [-0.4, -0.2) is 48.7 Å². The van der Waals surface area contributed by atoms with E-state index in [2.05, 4.69) is 37.7 Å². The summed E-state index contributed by atoms with van der Waals surface area (Å²) in [4.78, 5) is 10.5. The molecule has 1 heterocycles. The van der Waals surface area contributed by atoms with E-state index in [1.54, 1.807) is 11.3 Å². The average molecular weight is 297 g/mol. The fraction of sp³-hybridized carbons (Fsp3) is 0.800. The van der Waals surface area contributed by atoms with Crippen molar-refractivity contribution in [2.24, 2.45) is 5.92 Å². The third kappa shape index (κ3) is 3.93. The Labute approximate surface area is 126 Å². The first-order chi connectivity index (χ1) is 9.47. The molecule has 0 amide bonds. The Hall–Kier alpha value is -0.650. The highest BCUT2D eigenvalue weighted by Gasteiger charge is 2.24. The van der Waals surface area contributed by atoms with Gasteiger partial charge in [-0.1, -0.05) is 25.2 Å². The summed E-state index contributed by atoms with van der Waals surface area (Å²) in [5.41, 5.74) is 1.13. The number of likely N-dealkylation sites (N-methyl/N-ethyl adjacent to an activating group) is 1. The molecule has 0 spiro atoms. The maximum atomic E-state index is 10.1. The van der Waals surface area contributed by atoms with Gasteiger partial charge in [0, 0.05) is 19.6 Å². The van der Waals surface area contributed by atoms with Gasteiger partial charge in [-0.15, -0.1) is 0 Å². The summed E-state index contributed by atoms with van der Waals surface area (Å²) in [6, 6.07) is 0. The molecule has 2 rings (SSSR count). The molecule has 1 atom stereocenters. The fourth-order valence-corrected chi connectivity index (χ4v) is 3.71. The number of nitrogens with zero attached hydrogens (tertiary/aromatic N) is 3.